The molecule has 181 valence electrons. The van der Waals surface area contributed by atoms with E-state index in [0.717, 1.165) is 16.6 Å². The fourth-order valence-corrected chi connectivity index (χ4v) is 4.01. The standard InChI is InChI=1S/C23H25N7O4.V/c1-3-33-8-7-29-11-16(14-5-4-6-25-21(14)29)17-9-20(24-2)30-22(27-17)15(10-26-30)23(32)28-18-12-34-13-19(18)31;/h4-7,9-11,18-19,24,31H,1,3,8,12-13H2,2H3,(H,28,32);/q-2;+2/t18-,19+;/m0./s1. The molecule has 0 saturated carbocycles. The second-order valence-electron chi connectivity index (χ2n) is 7.84. The Kier molecular flexibility index (Phi) is 7.63. The fraction of sp³-hybridized carbons (Fsp3) is 0.304. The minimum absolute atomic E-state index is 0. The van der Waals surface area contributed by atoms with Gasteiger partial charge in [-0.25, -0.2) is 4.98 Å². The molecule has 11 nitrogen and oxygen atoms in total. The molecule has 1 aliphatic heterocycles. The summed E-state index contributed by atoms with van der Waals surface area (Å²) in [4.78, 5) is 22.3. The Morgan fingerprint density at radius 2 is 2.26 bits per heavy atom. The Hall–Kier alpha value is -3.09. The van der Waals surface area contributed by atoms with Crippen molar-refractivity contribution < 1.29 is 37.9 Å². The van der Waals surface area contributed by atoms with Crippen LogP contribution in [0.3, 0.4) is 0 Å². The largest absolute Gasteiger partial charge is 2.00 e. The normalized spacial score (nSPS) is 17.5. The molecule has 5 heterocycles. The van der Waals surface area contributed by atoms with Crippen LogP contribution in [-0.4, -0.2) is 80.8 Å². The van der Waals surface area contributed by atoms with E-state index in [1.807, 2.05) is 35.5 Å². The molecule has 1 saturated heterocycles. The molecule has 1 fully saturated rings. The Balaban J connectivity index is 0.00000289. The third-order valence-corrected chi connectivity index (χ3v) is 5.74. The van der Waals surface area contributed by atoms with Crippen LogP contribution in [0.15, 0.2) is 36.8 Å². The number of ether oxygens (including phenoxy) is 2. The second-order valence-corrected chi connectivity index (χ2v) is 7.84. The van der Waals surface area contributed by atoms with Gasteiger partial charge in [0.2, 0.25) is 0 Å². The van der Waals surface area contributed by atoms with Crippen LogP contribution in [0.2, 0.25) is 0 Å². The Morgan fingerprint density at radius 1 is 1.40 bits per heavy atom. The maximum atomic E-state index is 13.0. The number of anilines is 1. The summed E-state index contributed by atoms with van der Waals surface area (Å²) < 4.78 is 14.1. The van der Waals surface area contributed by atoms with E-state index in [0.29, 0.717) is 35.9 Å². The number of rotatable bonds is 8. The fourth-order valence-electron chi connectivity index (χ4n) is 4.01. The van der Waals surface area contributed by atoms with Crippen LogP contribution in [-0.2, 0) is 28.0 Å². The second kappa shape index (κ2) is 10.7. The number of nitrogens with one attached hydrogen (secondary N) is 2. The smallest absolute Gasteiger partial charge is 0.467 e. The van der Waals surface area contributed by atoms with Crippen LogP contribution >= 0.6 is 0 Å². The van der Waals surface area contributed by atoms with Gasteiger partial charge in [-0.1, -0.05) is 25.4 Å². The molecule has 4 aromatic rings. The number of aliphatic hydroxyl groups excluding tert-OH is 1. The van der Waals surface area contributed by atoms with Crippen molar-refractivity contribution in [2.24, 2.45) is 0 Å². The minimum atomic E-state index is -0.746. The minimum Gasteiger partial charge on any atom is -0.467 e. The third kappa shape index (κ3) is 4.73. The van der Waals surface area contributed by atoms with Crippen LogP contribution in [0, 0.1) is 13.5 Å². The molecule has 1 aliphatic rings. The van der Waals surface area contributed by atoms with E-state index in [2.05, 4.69) is 27.6 Å². The molecule has 4 aromatic heterocycles. The summed E-state index contributed by atoms with van der Waals surface area (Å²) in [5, 5.41) is 21.2. The summed E-state index contributed by atoms with van der Waals surface area (Å²) in [6.45, 7) is 6.78. The number of pyridine rings is 1. The van der Waals surface area contributed by atoms with Gasteiger partial charge in [-0.2, -0.15) is 9.61 Å². The van der Waals surface area contributed by atoms with Gasteiger partial charge in [-0.3, -0.25) is 4.79 Å². The van der Waals surface area contributed by atoms with Gasteiger partial charge < -0.3 is 41.7 Å². The van der Waals surface area contributed by atoms with Gasteiger partial charge in [0.15, 0.2) is 5.65 Å². The number of hydrogen-bond acceptors (Lipinski definition) is 8. The first-order chi connectivity index (χ1) is 16.6. The Morgan fingerprint density at radius 3 is 3.00 bits per heavy atom. The van der Waals surface area contributed by atoms with Crippen molar-refractivity contribution in [2.75, 3.05) is 38.8 Å². The molecular formula is C23H25N7O4V. The number of aromatic nitrogens is 5. The zero-order valence-corrected chi connectivity index (χ0v) is 20.5. The molecule has 0 aliphatic carbocycles. The molecule has 35 heavy (non-hydrogen) atoms. The number of fused-ring (bicyclic) bond motifs is 2. The summed E-state index contributed by atoms with van der Waals surface area (Å²) in [5.41, 5.74) is 2.95. The summed E-state index contributed by atoms with van der Waals surface area (Å²) in [7, 11) is 1.78. The van der Waals surface area contributed by atoms with E-state index in [4.69, 9.17) is 14.5 Å². The summed E-state index contributed by atoms with van der Waals surface area (Å²) >= 11 is 0. The maximum absolute atomic E-state index is 13.0. The zero-order chi connectivity index (χ0) is 23.7. The molecular weight excluding hydrogens is 489 g/mol. The van der Waals surface area contributed by atoms with E-state index in [1.54, 1.807) is 17.8 Å². The molecule has 5 rings (SSSR count). The van der Waals surface area contributed by atoms with Crippen LogP contribution in [0.4, 0.5) is 5.82 Å². The van der Waals surface area contributed by atoms with Gasteiger partial charge in [-0.15, -0.1) is 0 Å². The van der Waals surface area contributed by atoms with Gasteiger partial charge >= 0.3 is 18.6 Å². The van der Waals surface area contributed by atoms with Crippen LogP contribution < -0.4 is 10.6 Å². The van der Waals surface area contributed by atoms with Gasteiger partial charge in [0.05, 0.1) is 37.3 Å². The van der Waals surface area contributed by atoms with Crippen molar-refractivity contribution >= 4 is 28.4 Å². The van der Waals surface area contributed by atoms with E-state index in [1.165, 1.54) is 6.20 Å². The monoisotopic (exact) mass is 514 g/mol. The van der Waals surface area contributed by atoms with Crippen molar-refractivity contribution in [3.05, 3.63) is 55.8 Å². The summed E-state index contributed by atoms with van der Waals surface area (Å²) in [6, 6.07) is 5.23. The van der Waals surface area contributed by atoms with Crippen molar-refractivity contribution in [3.63, 3.8) is 0 Å². The molecule has 2 atom stereocenters. The van der Waals surface area contributed by atoms with Crippen molar-refractivity contribution in [2.45, 2.75) is 12.1 Å². The predicted octanol–water partition coefficient (Wildman–Crippen LogP) is 1.14. The average molecular weight is 514 g/mol. The van der Waals surface area contributed by atoms with Crippen molar-refractivity contribution in [1.82, 2.24) is 29.5 Å². The van der Waals surface area contributed by atoms with Gasteiger partial charge in [-0.05, 0) is 17.0 Å². The Bertz CT molecular complexity index is 1340. The number of aliphatic hydroxyl groups is 1. The van der Waals surface area contributed by atoms with Crippen LogP contribution in [0.1, 0.15) is 10.4 Å². The molecule has 0 aromatic carbocycles. The van der Waals surface area contributed by atoms with E-state index >= 15 is 0 Å². The number of nitrogens with zero attached hydrogens (tertiary/aromatic N) is 5. The van der Waals surface area contributed by atoms with Crippen molar-refractivity contribution in [1.29, 1.82) is 0 Å². The molecule has 12 heteroatoms. The topological polar surface area (TPSA) is 128 Å². The van der Waals surface area contributed by atoms with Crippen molar-refractivity contribution in [3.8, 4) is 11.3 Å². The number of carbonyl (C=O) groups excluding carboxylic acids is 1. The van der Waals surface area contributed by atoms with E-state index in [9.17, 15) is 9.90 Å². The molecule has 0 unspecified atom stereocenters. The number of amides is 1. The quantitative estimate of drug-likeness (QED) is 0.236. The Labute approximate surface area is 213 Å². The first kappa shape index (κ1) is 25.0. The van der Waals surface area contributed by atoms with Gasteiger partial charge in [0, 0.05) is 31.6 Å². The first-order valence-corrected chi connectivity index (χ1v) is 10.9. The molecule has 0 bridgehead atoms. The average Bonchev–Trinajstić information content (AvgIpc) is 3.56. The number of hydrogen-bond donors (Lipinski definition) is 3. The van der Waals surface area contributed by atoms with E-state index in [-0.39, 0.29) is 37.7 Å². The maximum Gasteiger partial charge on any atom is 2.00 e. The van der Waals surface area contributed by atoms with Crippen LogP contribution in [0.25, 0.3) is 27.9 Å². The van der Waals surface area contributed by atoms with Gasteiger partial charge in [0.25, 0.3) is 5.91 Å². The molecule has 3 N–H and O–H groups in total. The van der Waals surface area contributed by atoms with Crippen LogP contribution in [0.5, 0.6) is 0 Å². The third-order valence-electron chi connectivity index (χ3n) is 5.74. The molecule has 1 amide bonds. The summed E-state index contributed by atoms with van der Waals surface area (Å²) in [5.74, 6) is 0.288. The predicted molar refractivity (Wildman–Crippen MR) is 125 cm³/mol. The molecule has 1 radical (unpaired) electrons. The zero-order valence-electron chi connectivity index (χ0n) is 19.1. The van der Waals surface area contributed by atoms with Gasteiger partial charge in [0.1, 0.15) is 11.4 Å². The SMILES string of the molecule is [CH2-]COC[CH-]n1cc(-c2cc(NC)n3ncc(C(=O)N[C@H]4COC[C@H]4O)c3n2)c2cccnc21.[V+2]. The van der Waals surface area contributed by atoms with E-state index < -0.39 is 12.1 Å². The summed E-state index contributed by atoms with van der Waals surface area (Å²) in [6.07, 6.45) is 4.39. The molecule has 0 spiro atoms. The number of carbonyl (C=O) groups is 1. The first-order valence-electron chi connectivity index (χ1n) is 10.9.